The van der Waals surface area contributed by atoms with Crippen LogP contribution in [0.5, 0.6) is 0 Å². The van der Waals surface area contributed by atoms with E-state index in [1.807, 2.05) is 18.2 Å². The SMILES string of the molecule is O[C@H]1C[C@@H]1CCCOC(c1ccccc1)(c1ccccc1)c1ccccc1. The number of benzene rings is 3. The zero-order chi connectivity index (χ0) is 18.5. The summed E-state index contributed by atoms with van der Waals surface area (Å²) in [6, 6.07) is 31.4. The van der Waals surface area contributed by atoms with E-state index in [1.54, 1.807) is 0 Å². The molecule has 0 aliphatic heterocycles. The fourth-order valence-corrected chi connectivity index (χ4v) is 3.88. The lowest BCUT2D eigenvalue weighted by Gasteiger charge is -2.36. The zero-order valence-corrected chi connectivity index (χ0v) is 15.5. The van der Waals surface area contributed by atoms with Gasteiger partial charge < -0.3 is 9.84 Å². The van der Waals surface area contributed by atoms with E-state index in [2.05, 4.69) is 72.8 Å². The highest BCUT2D eigenvalue weighted by Crippen LogP contribution is 2.41. The fraction of sp³-hybridized carbons (Fsp3) is 0.280. The lowest BCUT2D eigenvalue weighted by molar-refractivity contribution is 0.00997. The molecule has 2 nitrogen and oxygen atoms in total. The van der Waals surface area contributed by atoms with Crippen LogP contribution in [0, 0.1) is 5.92 Å². The molecule has 27 heavy (non-hydrogen) atoms. The maximum Gasteiger partial charge on any atom is 0.143 e. The Morgan fingerprint density at radius 1 is 0.741 bits per heavy atom. The highest BCUT2D eigenvalue weighted by atomic mass is 16.5. The van der Waals surface area contributed by atoms with Crippen LogP contribution >= 0.6 is 0 Å². The van der Waals surface area contributed by atoms with Crippen LogP contribution in [-0.2, 0) is 10.3 Å². The molecule has 1 N–H and O–H groups in total. The Morgan fingerprint density at radius 2 is 1.15 bits per heavy atom. The molecular formula is C25H26O2. The van der Waals surface area contributed by atoms with E-state index in [0.717, 1.165) is 36.0 Å². The summed E-state index contributed by atoms with van der Waals surface area (Å²) in [7, 11) is 0. The van der Waals surface area contributed by atoms with E-state index < -0.39 is 5.60 Å². The first-order chi connectivity index (χ1) is 13.3. The minimum atomic E-state index is -0.633. The van der Waals surface area contributed by atoms with Crippen molar-refractivity contribution >= 4 is 0 Å². The van der Waals surface area contributed by atoms with E-state index >= 15 is 0 Å². The van der Waals surface area contributed by atoms with Crippen molar-refractivity contribution in [2.75, 3.05) is 6.61 Å². The summed E-state index contributed by atoms with van der Waals surface area (Å²) < 4.78 is 6.72. The first kappa shape index (κ1) is 18.0. The van der Waals surface area contributed by atoms with Crippen molar-refractivity contribution in [3.05, 3.63) is 108 Å². The lowest BCUT2D eigenvalue weighted by Crippen LogP contribution is -2.33. The normalized spacial score (nSPS) is 19.0. The van der Waals surface area contributed by atoms with Gasteiger partial charge in [0.25, 0.3) is 0 Å². The van der Waals surface area contributed by atoms with Gasteiger partial charge >= 0.3 is 0 Å². The minimum Gasteiger partial charge on any atom is -0.393 e. The molecule has 0 aromatic heterocycles. The average Bonchev–Trinajstić information content (AvgIpc) is 3.45. The molecule has 4 rings (SSSR count). The smallest absolute Gasteiger partial charge is 0.143 e. The van der Waals surface area contributed by atoms with Gasteiger partial charge in [0.05, 0.1) is 6.10 Å². The number of ether oxygens (including phenoxy) is 1. The van der Waals surface area contributed by atoms with Crippen molar-refractivity contribution < 1.29 is 9.84 Å². The van der Waals surface area contributed by atoms with Gasteiger partial charge in [0, 0.05) is 6.61 Å². The molecule has 1 fully saturated rings. The van der Waals surface area contributed by atoms with E-state index in [-0.39, 0.29) is 6.10 Å². The maximum atomic E-state index is 9.58. The van der Waals surface area contributed by atoms with Crippen LogP contribution in [0.3, 0.4) is 0 Å². The van der Waals surface area contributed by atoms with Crippen LogP contribution < -0.4 is 0 Å². The third kappa shape index (κ3) is 3.83. The predicted molar refractivity (Wildman–Crippen MR) is 109 cm³/mol. The van der Waals surface area contributed by atoms with E-state index in [4.69, 9.17) is 4.74 Å². The molecule has 0 spiro atoms. The second-order valence-corrected chi connectivity index (χ2v) is 7.33. The van der Waals surface area contributed by atoms with Crippen molar-refractivity contribution in [3.8, 4) is 0 Å². The van der Waals surface area contributed by atoms with E-state index in [9.17, 15) is 5.11 Å². The largest absolute Gasteiger partial charge is 0.393 e. The van der Waals surface area contributed by atoms with Gasteiger partial charge in [-0.3, -0.25) is 0 Å². The molecule has 1 aliphatic carbocycles. The summed E-state index contributed by atoms with van der Waals surface area (Å²) in [5.41, 5.74) is 2.77. The Morgan fingerprint density at radius 3 is 1.52 bits per heavy atom. The van der Waals surface area contributed by atoms with Gasteiger partial charge in [0.1, 0.15) is 5.60 Å². The monoisotopic (exact) mass is 358 g/mol. The minimum absolute atomic E-state index is 0.0906. The standard InChI is InChI=1S/C25H26O2/c26-24-19-20(24)11-10-18-27-25(21-12-4-1-5-13-21,22-14-6-2-7-15-22)23-16-8-3-9-17-23/h1-9,12-17,20,24,26H,10-11,18-19H2/t20-,24-/m0/s1. The molecule has 0 amide bonds. The topological polar surface area (TPSA) is 29.5 Å². The van der Waals surface area contributed by atoms with Crippen LogP contribution in [0.25, 0.3) is 0 Å². The summed E-state index contributed by atoms with van der Waals surface area (Å²) in [5.74, 6) is 0.466. The highest BCUT2D eigenvalue weighted by molar-refractivity contribution is 5.47. The number of rotatable bonds is 8. The van der Waals surface area contributed by atoms with Crippen LogP contribution in [0.4, 0.5) is 0 Å². The average molecular weight is 358 g/mol. The van der Waals surface area contributed by atoms with Crippen molar-refractivity contribution in [1.29, 1.82) is 0 Å². The molecule has 0 saturated heterocycles. The third-order valence-electron chi connectivity index (χ3n) is 5.46. The first-order valence-corrected chi connectivity index (χ1v) is 9.79. The Hall–Kier alpha value is -2.42. The summed E-state index contributed by atoms with van der Waals surface area (Å²) in [4.78, 5) is 0. The van der Waals surface area contributed by atoms with Gasteiger partial charge in [-0.2, -0.15) is 0 Å². The summed E-state index contributed by atoms with van der Waals surface area (Å²) in [6.45, 7) is 0.655. The molecule has 2 atom stereocenters. The van der Waals surface area contributed by atoms with Crippen molar-refractivity contribution in [2.24, 2.45) is 5.92 Å². The van der Waals surface area contributed by atoms with Crippen LogP contribution in [0.15, 0.2) is 91.0 Å². The number of aliphatic hydroxyl groups is 1. The van der Waals surface area contributed by atoms with Crippen LogP contribution in [-0.4, -0.2) is 17.8 Å². The zero-order valence-electron chi connectivity index (χ0n) is 15.5. The van der Waals surface area contributed by atoms with Crippen LogP contribution in [0.1, 0.15) is 36.0 Å². The van der Waals surface area contributed by atoms with Gasteiger partial charge in [-0.1, -0.05) is 91.0 Å². The van der Waals surface area contributed by atoms with Crippen molar-refractivity contribution in [1.82, 2.24) is 0 Å². The second-order valence-electron chi connectivity index (χ2n) is 7.33. The van der Waals surface area contributed by atoms with Gasteiger partial charge in [-0.25, -0.2) is 0 Å². The van der Waals surface area contributed by atoms with Crippen molar-refractivity contribution in [2.45, 2.75) is 31.0 Å². The molecule has 0 unspecified atom stereocenters. The summed E-state index contributed by atoms with van der Waals surface area (Å²) in [5, 5.41) is 9.58. The molecule has 0 radical (unpaired) electrons. The van der Waals surface area contributed by atoms with Crippen LogP contribution in [0.2, 0.25) is 0 Å². The van der Waals surface area contributed by atoms with Gasteiger partial charge in [0.2, 0.25) is 0 Å². The molecule has 0 heterocycles. The first-order valence-electron chi connectivity index (χ1n) is 9.79. The fourth-order valence-electron chi connectivity index (χ4n) is 3.88. The van der Waals surface area contributed by atoms with Gasteiger partial charge in [-0.15, -0.1) is 0 Å². The second kappa shape index (κ2) is 8.08. The number of aliphatic hydroxyl groups excluding tert-OH is 1. The Labute approximate surface area is 161 Å². The molecule has 138 valence electrons. The lowest BCUT2D eigenvalue weighted by atomic mass is 9.80. The summed E-state index contributed by atoms with van der Waals surface area (Å²) >= 11 is 0. The Bertz CT molecular complexity index is 733. The van der Waals surface area contributed by atoms with E-state index in [0.29, 0.717) is 12.5 Å². The predicted octanol–water partition coefficient (Wildman–Crippen LogP) is 5.16. The summed E-state index contributed by atoms with van der Waals surface area (Å²) in [6.07, 6.45) is 2.83. The van der Waals surface area contributed by atoms with Gasteiger partial charge in [0.15, 0.2) is 0 Å². The molecule has 3 aromatic carbocycles. The Balaban J connectivity index is 1.72. The highest BCUT2D eigenvalue weighted by Gasteiger charge is 2.38. The molecule has 0 bridgehead atoms. The molecule has 1 aliphatic rings. The molecule has 2 heteroatoms. The van der Waals surface area contributed by atoms with E-state index in [1.165, 1.54) is 0 Å². The maximum absolute atomic E-state index is 9.58. The Kier molecular flexibility index (Phi) is 5.38. The number of hydrogen-bond donors (Lipinski definition) is 1. The third-order valence-corrected chi connectivity index (χ3v) is 5.46. The van der Waals surface area contributed by atoms with Gasteiger partial charge in [-0.05, 0) is 41.9 Å². The quantitative estimate of drug-likeness (QED) is 0.445. The molecule has 1 saturated carbocycles. The molecular weight excluding hydrogens is 332 g/mol. The molecule has 3 aromatic rings. The number of hydrogen-bond acceptors (Lipinski definition) is 2. The van der Waals surface area contributed by atoms with Crippen molar-refractivity contribution in [3.63, 3.8) is 0 Å².